The molecule has 1 aliphatic heterocycles. The van der Waals surface area contributed by atoms with Crippen molar-refractivity contribution in [3.05, 3.63) is 17.0 Å². The smallest absolute Gasteiger partial charge is 0.272 e. The quantitative estimate of drug-likeness (QED) is 0.795. The molecule has 1 aliphatic carbocycles. The topological polar surface area (TPSA) is 69.8 Å². The first-order valence-electron chi connectivity index (χ1n) is 8.35. The van der Waals surface area contributed by atoms with Gasteiger partial charge < -0.3 is 10.6 Å². The van der Waals surface area contributed by atoms with E-state index in [4.69, 9.17) is 0 Å². The van der Waals surface area contributed by atoms with Crippen molar-refractivity contribution >= 4 is 5.91 Å². The Morgan fingerprint density at radius 1 is 1.33 bits per heavy atom. The number of aromatic amines is 1. The molecule has 2 heterocycles. The maximum Gasteiger partial charge on any atom is 0.272 e. The van der Waals surface area contributed by atoms with Crippen LogP contribution in [-0.2, 0) is 13.0 Å². The highest BCUT2D eigenvalue weighted by Gasteiger charge is 2.26. The number of nitrogens with one attached hydrogen (secondary N) is 3. The lowest BCUT2D eigenvalue weighted by Crippen LogP contribution is -2.38. The van der Waals surface area contributed by atoms with Gasteiger partial charge in [-0.2, -0.15) is 5.10 Å². The first-order valence-corrected chi connectivity index (χ1v) is 8.35. The van der Waals surface area contributed by atoms with Gasteiger partial charge in [0.1, 0.15) is 0 Å². The van der Waals surface area contributed by atoms with E-state index in [-0.39, 0.29) is 5.91 Å². The Kier molecular flexibility index (Phi) is 4.58. The summed E-state index contributed by atoms with van der Waals surface area (Å²) in [4.78, 5) is 12.4. The van der Waals surface area contributed by atoms with Crippen LogP contribution in [0.25, 0.3) is 0 Å². The lowest BCUT2D eigenvalue weighted by molar-refractivity contribution is 0.0915. The average Bonchev–Trinajstić information content (AvgIpc) is 2.93. The van der Waals surface area contributed by atoms with Gasteiger partial charge in [-0.3, -0.25) is 9.89 Å². The second-order valence-electron chi connectivity index (χ2n) is 6.44. The monoisotopic (exact) mass is 290 g/mol. The maximum atomic E-state index is 12.4. The van der Waals surface area contributed by atoms with Gasteiger partial charge in [-0.15, -0.1) is 0 Å². The highest BCUT2D eigenvalue weighted by Crippen LogP contribution is 2.28. The van der Waals surface area contributed by atoms with E-state index < -0.39 is 0 Å². The Balaban J connectivity index is 1.56. The first kappa shape index (κ1) is 14.6. The summed E-state index contributed by atoms with van der Waals surface area (Å²) in [5.41, 5.74) is 2.76. The van der Waals surface area contributed by atoms with E-state index in [0.717, 1.165) is 49.5 Å². The molecule has 5 heteroatoms. The fraction of sp³-hybridized carbons (Fsp3) is 0.750. The number of H-pyrrole nitrogens is 1. The molecule has 3 N–H and O–H groups in total. The van der Waals surface area contributed by atoms with Crippen LogP contribution in [0.15, 0.2) is 0 Å². The van der Waals surface area contributed by atoms with Crippen LogP contribution in [0.1, 0.15) is 67.2 Å². The third kappa shape index (κ3) is 3.28. The Hall–Kier alpha value is -1.36. The molecule has 1 aromatic rings. The molecule has 0 aromatic carbocycles. The fourth-order valence-corrected chi connectivity index (χ4v) is 3.67. The van der Waals surface area contributed by atoms with Crippen molar-refractivity contribution < 1.29 is 4.79 Å². The largest absolute Gasteiger partial charge is 0.348 e. The van der Waals surface area contributed by atoms with Crippen LogP contribution in [-0.4, -0.2) is 28.7 Å². The van der Waals surface area contributed by atoms with Crippen molar-refractivity contribution in [2.75, 3.05) is 6.54 Å². The van der Waals surface area contributed by atoms with E-state index in [0.29, 0.717) is 11.7 Å². The van der Waals surface area contributed by atoms with Gasteiger partial charge in [0, 0.05) is 36.8 Å². The van der Waals surface area contributed by atoms with Crippen molar-refractivity contribution in [1.29, 1.82) is 0 Å². The molecule has 1 aromatic heterocycles. The third-order valence-electron chi connectivity index (χ3n) is 4.90. The molecule has 0 atom stereocenters. The number of hydrogen-bond donors (Lipinski definition) is 3. The van der Waals surface area contributed by atoms with Crippen LogP contribution < -0.4 is 10.6 Å². The van der Waals surface area contributed by atoms with Crippen LogP contribution in [0.5, 0.6) is 0 Å². The van der Waals surface area contributed by atoms with Crippen LogP contribution in [0, 0.1) is 5.92 Å². The number of nitrogens with zero attached hydrogens (tertiary/aromatic N) is 1. The molecule has 5 nitrogen and oxygen atoms in total. The summed E-state index contributed by atoms with van der Waals surface area (Å²) in [5.74, 6) is 0.862. The number of amides is 1. The van der Waals surface area contributed by atoms with Crippen molar-refractivity contribution in [1.82, 2.24) is 20.8 Å². The van der Waals surface area contributed by atoms with Crippen LogP contribution >= 0.6 is 0 Å². The zero-order chi connectivity index (χ0) is 14.7. The summed E-state index contributed by atoms with van der Waals surface area (Å²) < 4.78 is 0. The van der Waals surface area contributed by atoms with E-state index >= 15 is 0 Å². The van der Waals surface area contributed by atoms with E-state index in [2.05, 4.69) is 27.8 Å². The molecular formula is C16H26N4O. The van der Waals surface area contributed by atoms with E-state index in [1.54, 1.807) is 0 Å². The second-order valence-corrected chi connectivity index (χ2v) is 6.44. The lowest BCUT2D eigenvalue weighted by Gasteiger charge is -2.28. The van der Waals surface area contributed by atoms with E-state index in [9.17, 15) is 4.79 Å². The second kappa shape index (κ2) is 6.60. The molecule has 1 amide bonds. The Morgan fingerprint density at radius 3 is 2.90 bits per heavy atom. The predicted octanol–water partition coefficient (Wildman–Crippen LogP) is 2.14. The summed E-state index contributed by atoms with van der Waals surface area (Å²) >= 11 is 0. The molecule has 116 valence electrons. The number of rotatable bonds is 4. The molecule has 0 radical (unpaired) electrons. The Labute approximate surface area is 126 Å². The van der Waals surface area contributed by atoms with Gasteiger partial charge in [-0.05, 0) is 31.6 Å². The minimum absolute atomic E-state index is 0.00450. The molecular weight excluding hydrogens is 264 g/mol. The Bertz CT molecular complexity index is 488. The van der Waals surface area contributed by atoms with E-state index in [1.807, 2.05) is 0 Å². The SMILES string of the molecule is CCCC1CCC(NC(=O)c2n[nH]c3c2CNCC3)CC1. The number of hydrogen-bond acceptors (Lipinski definition) is 3. The van der Waals surface area contributed by atoms with Crippen molar-refractivity contribution in [3.63, 3.8) is 0 Å². The summed E-state index contributed by atoms with van der Waals surface area (Å²) in [6.07, 6.45) is 8.26. The molecule has 1 fully saturated rings. The Morgan fingerprint density at radius 2 is 2.14 bits per heavy atom. The van der Waals surface area contributed by atoms with Crippen molar-refractivity contribution in [3.8, 4) is 0 Å². The molecule has 3 rings (SSSR count). The first-order chi connectivity index (χ1) is 10.3. The maximum absolute atomic E-state index is 12.4. The molecule has 0 unspecified atom stereocenters. The van der Waals surface area contributed by atoms with Crippen LogP contribution in [0.2, 0.25) is 0 Å². The zero-order valence-electron chi connectivity index (χ0n) is 12.9. The number of fused-ring (bicyclic) bond motifs is 1. The molecule has 1 saturated carbocycles. The van der Waals surface area contributed by atoms with Crippen molar-refractivity contribution in [2.45, 2.75) is 64.5 Å². The van der Waals surface area contributed by atoms with Gasteiger partial charge >= 0.3 is 0 Å². The minimum atomic E-state index is -0.00450. The number of carbonyl (C=O) groups is 1. The van der Waals surface area contributed by atoms with Gasteiger partial charge in [-0.1, -0.05) is 19.8 Å². The number of carbonyl (C=O) groups excluding carboxylic acids is 1. The average molecular weight is 290 g/mol. The molecule has 0 spiro atoms. The van der Waals surface area contributed by atoms with Crippen LogP contribution in [0.3, 0.4) is 0 Å². The highest BCUT2D eigenvalue weighted by molar-refractivity contribution is 5.94. The van der Waals surface area contributed by atoms with Gasteiger partial charge in [0.15, 0.2) is 5.69 Å². The van der Waals surface area contributed by atoms with E-state index in [1.165, 1.54) is 25.7 Å². The summed E-state index contributed by atoms with van der Waals surface area (Å²) in [6.45, 7) is 3.96. The number of aromatic nitrogens is 2. The lowest BCUT2D eigenvalue weighted by atomic mass is 9.83. The summed E-state index contributed by atoms with van der Waals surface area (Å²) in [5, 5.41) is 13.7. The third-order valence-corrected chi connectivity index (χ3v) is 4.90. The minimum Gasteiger partial charge on any atom is -0.348 e. The standard InChI is InChI=1S/C16H26N4O/c1-2-3-11-4-6-12(7-5-11)18-16(21)15-13-10-17-9-8-14(13)19-20-15/h11-12,17H,2-10H2,1H3,(H,18,21)(H,19,20). The summed E-state index contributed by atoms with van der Waals surface area (Å²) in [7, 11) is 0. The van der Waals surface area contributed by atoms with Gasteiger partial charge in [0.25, 0.3) is 5.91 Å². The van der Waals surface area contributed by atoms with Crippen LogP contribution in [0.4, 0.5) is 0 Å². The van der Waals surface area contributed by atoms with Gasteiger partial charge in [0.2, 0.25) is 0 Å². The zero-order valence-corrected chi connectivity index (χ0v) is 12.9. The fourth-order valence-electron chi connectivity index (χ4n) is 3.67. The van der Waals surface area contributed by atoms with Gasteiger partial charge in [-0.25, -0.2) is 0 Å². The predicted molar refractivity (Wildman–Crippen MR) is 82.1 cm³/mol. The highest BCUT2D eigenvalue weighted by atomic mass is 16.2. The molecule has 0 bridgehead atoms. The normalized spacial score (nSPS) is 25.4. The van der Waals surface area contributed by atoms with Gasteiger partial charge in [0.05, 0.1) is 0 Å². The molecule has 0 saturated heterocycles. The molecule has 2 aliphatic rings. The van der Waals surface area contributed by atoms with Crippen molar-refractivity contribution in [2.24, 2.45) is 5.92 Å². The summed E-state index contributed by atoms with van der Waals surface area (Å²) in [6, 6.07) is 0.328. The molecule has 21 heavy (non-hydrogen) atoms.